The van der Waals surface area contributed by atoms with Gasteiger partial charge in [-0.25, -0.2) is 0 Å². The molecular weight excluding hydrogens is 210 g/mol. The van der Waals surface area contributed by atoms with Crippen molar-refractivity contribution >= 4 is 11.9 Å². The van der Waals surface area contributed by atoms with Crippen LogP contribution < -0.4 is 0 Å². The molecular formula is C11H19NO4. The van der Waals surface area contributed by atoms with E-state index < -0.39 is 11.9 Å². The fourth-order valence-electron chi connectivity index (χ4n) is 2.16. The van der Waals surface area contributed by atoms with Crippen LogP contribution in [0.2, 0.25) is 0 Å². The van der Waals surface area contributed by atoms with Crippen LogP contribution in [-0.2, 0) is 14.3 Å². The molecule has 5 nitrogen and oxygen atoms in total. The topological polar surface area (TPSA) is 66.8 Å². The maximum absolute atomic E-state index is 11.2. The minimum absolute atomic E-state index is 0.102. The van der Waals surface area contributed by atoms with Gasteiger partial charge in [0, 0.05) is 6.42 Å². The lowest BCUT2D eigenvalue weighted by Crippen LogP contribution is -2.26. The third-order valence-corrected chi connectivity index (χ3v) is 3.25. The first kappa shape index (κ1) is 13.0. The first-order valence-corrected chi connectivity index (χ1v) is 5.52. The van der Waals surface area contributed by atoms with E-state index in [9.17, 15) is 9.59 Å². The molecule has 0 aromatic rings. The number of ether oxygens (including phenoxy) is 1. The summed E-state index contributed by atoms with van der Waals surface area (Å²) in [5, 5.41) is 9.13. The summed E-state index contributed by atoms with van der Waals surface area (Å²) in [5.74, 6) is -1.65. The average Bonchev–Trinajstić information content (AvgIpc) is 2.41. The number of hydrogen-bond donors (Lipinski definition) is 1. The average molecular weight is 229 g/mol. The normalized spacial score (nSPS) is 27.1. The summed E-state index contributed by atoms with van der Waals surface area (Å²) in [6.07, 6.45) is 1.55. The van der Waals surface area contributed by atoms with Gasteiger partial charge in [0.05, 0.1) is 13.0 Å². The van der Waals surface area contributed by atoms with E-state index in [-0.39, 0.29) is 18.3 Å². The first-order chi connectivity index (χ1) is 7.54. The number of aliphatic carboxylic acids is 1. The summed E-state index contributed by atoms with van der Waals surface area (Å²) in [4.78, 5) is 24.4. The monoisotopic (exact) mass is 229 g/mol. The Morgan fingerprint density at radius 2 is 2.00 bits per heavy atom. The molecule has 0 amide bonds. The Morgan fingerprint density at radius 1 is 1.38 bits per heavy atom. The van der Waals surface area contributed by atoms with E-state index in [0.29, 0.717) is 6.42 Å². The lowest BCUT2D eigenvalue weighted by atomic mass is 9.85. The number of carboxylic acid groups (broad SMARTS) is 1. The molecule has 1 aliphatic heterocycles. The molecule has 1 N–H and O–H groups in total. The highest BCUT2D eigenvalue weighted by Crippen LogP contribution is 2.27. The van der Waals surface area contributed by atoms with E-state index in [2.05, 4.69) is 9.64 Å². The van der Waals surface area contributed by atoms with Gasteiger partial charge in [0.2, 0.25) is 0 Å². The molecule has 1 heterocycles. The van der Waals surface area contributed by atoms with Gasteiger partial charge in [-0.1, -0.05) is 0 Å². The van der Waals surface area contributed by atoms with Crippen LogP contribution in [0.4, 0.5) is 0 Å². The summed E-state index contributed by atoms with van der Waals surface area (Å²) in [7, 11) is 3.31. The maximum Gasteiger partial charge on any atom is 0.306 e. The molecule has 0 aliphatic carbocycles. The highest BCUT2D eigenvalue weighted by Gasteiger charge is 2.32. The fraction of sp³-hybridized carbons (Fsp3) is 0.818. The van der Waals surface area contributed by atoms with Gasteiger partial charge in [-0.05, 0) is 38.9 Å². The second-order valence-electron chi connectivity index (χ2n) is 4.37. The van der Waals surface area contributed by atoms with Crippen molar-refractivity contribution in [1.29, 1.82) is 0 Å². The molecule has 2 atom stereocenters. The molecule has 0 bridgehead atoms. The zero-order valence-corrected chi connectivity index (χ0v) is 9.81. The molecule has 92 valence electrons. The largest absolute Gasteiger partial charge is 0.481 e. The minimum atomic E-state index is -0.802. The number of carbonyl (C=O) groups excluding carboxylic acids is 1. The standard InChI is InChI=1S/C11H19NO4/c1-12-5-3-8(7-10(13)16-2)9(4-6-12)11(14)15/h8-9H,3-7H2,1-2H3,(H,14,15). The number of likely N-dealkylation sites (tertiary alicyclic amines) is 1. The molecule has 0 saturated carbocycles. The Kier molecular flexibility index (Phi) is 4.73. The molecule has 0 radical (unpaired) electrons. The number of methoxy groups -OCH3 is 1. The lowest BCUT2D eigenvalue weighted by Gasteiger charge is -2.19. The number of rotatable bonds is 3. The Morgan fingerprint density at radius 3 is 2.56 bits per heavy atom. The van der Waals surface area contributed by atoms with Crippen molar-refractivity contribution in [3.63, 3.8) is 0 Å². The van der Waals surface area contributed by atoms with E-state index >= 15 is 0 Å². The van der Waals surface area contributed by atoms with Crippen LogP contribution in [0.15, 0.2) is 0 Å². The van der Waals surface area contributed by atoms with Crippen molar-refractivity contribution in [3.05, 3.63) is 0 Å². The molecule has 1 fully saturated rings. The second-order valence-corrected chi connectivity index (χ2v) is 4.37. The SMILES string of the molecule is COC(=O)CC1CCN(C)CCC1C(=O)O. The van der Waals surface area contributed by atoms with E-state index in [4.69, 9.17) is 5.11 Å². The zero-order chi connectivity index (χ0) is 12.1. The lowest BCUT2D eigenvalue weighted by molar-refractivity contribution is -0.146. The molecule has 5 heteroatoms. The van der Waals surface area contributed by atoms with Crippen molar-refractivity contribution in [1.82, 2.24) is 4.90 Å². The predicted octanol–water partition coefficient (Wildman–Crippen LogP) is 0.592. The van der Waals surface area contributed by atoms with Crippen LogP contribution in [0, 0.1) is 11.8 Å². The predicted molar refractivity (Wildman–Crippen MR) is 58.0 cm³/mol. The van der Waals surface area contributed by atoms with Crippen molar-refractivity contribution in [2.75, 3.05) is 27.2 Å². The van der Waals surface area contributed by atoms with Gasteiger partial charge in [0.1, 0.15) is 0 Å². The van der Waals surface area contributed by atoms with Crippen molar-refractivity contribution in [3.8, 4) is 0 Å². The zero-order valence-electron chi connectivity index (χ0n) is 9.81. The summed E-state index contributed by atoms with van der Waals surface area (Å²) < 4.78 is 4.60. The Bertz CT molecular complexity index is 267. The van der Waals surface area contributed by atoms with Gasteiger partial charge in [-0.3, -0.25) is 9.59 Å². The van der Waals surface area contributed by atoms with Crippen LogP contribution in [0.5, 0.6) is 0 Å². The maximum atomic E-state index is 11.2. The number of hydrogen-bond acceptors (Lipinski definition) is 4. The smallest absolute Gasteiger partial charge is 0.306 e. The van der Waals surface area contributed by atoms with Crippen LogP contribution in [0.1, 0.15) is 19.3 Å². The summed E-state index contributed by atoms with van der Waals surface area (Å²) >= 11 is 0. The highest BCUT2D eigenvalue weighted by molar-refractivity contribution is 5.73. The Hall–Kier alpha value is -1.10. The van der Waals surface area contributed by atoms with Crippen LogP contribution in [0.25, 0.3) is 0 Å². The summed E-state index contributed by atoms with van der Waals surface area (Å²) in [6.45, 7) is 1.61. The van der Waals surface area contributed by atoms with Crippen LogP contribution in [0.3, 0.4) is 0 Å². The van der Waals surface area contributed by atoms with Crippen molar-refractivity contribution in [2.45, 2.75) is 19.3 Å². The van der Waals surface area contributed by atoms with Gasteiger partial charge in [0.25, 0.3) is 0 Å². The van der Waals surface area contributed by atoms with Gasteiger partial charge >= 0.3 is 11.9 Å². The Balaban J connectivity index is 2.67. The van der Waals surface area contributed by atoms with E-state index in [1.165, 1.54) is 7.11 Å². The van der Waals surface area contributed by atoms with E-state index in [1.807, 2.05) is 7.05 Å². The molecule has 0 spiro atoms. The first-order valence-electron chi connectivity index (χ1n) is 5.52. The van der Waals surface area contributed by atoms with Gasteiger partial charge in [-0.2, -0.15) is 0 Å². The minimum Gasteiger partial charge on any atom is -0.481 e. The van der Waals surface area contributed by atoms with E-state index in [0.717, 1.165) is 19.5 Å². The number of carboxylic acids is 1. The fourth-order valence-corrected chi connectivity index (χ4v) is 2.16. The number of carbonyl (C=O) groups is 2. The summed E-state index contributed by atoms with van der Waals surface area (Å²) in [6, 6.07) is 0. The van der Waals surface area contributed by atoms with Gasteiger partial charge < -0.3 is 14.7 Å². The third kappa shape index (κ3) is 3.48. The summed E-state index contributed by atoms with van der Waals surface area (Å²) in [5.41, 5.74) is 0. The van der Waals surface area contributed by atoms with E-state index in [1.54, 1.807) is 0 Å². The van der Waals surface area contributed by atoms with Crippen LogP contribution in [-0.4, -0.2) is 49.2 Å². The molecule has 0 aromatic carbocycles. The molecule has 16 heavy (non-hydrogen) atoms. The van der Waals surface area contributed by atoms with Crippen molar-refractivity contribution in [2.24, 2.45) is 11.8 Å². The number of nitrogens with zero attached hydrogens (tertiary/aromatic N) is 1. The highest BCUT2D eigenvalue weighted by atomic mass is 16.5. The molecule has 2 unspecified atom stereocenters. The second kappa shape index (κ2) is 5.84. The van der Waals surface area contributed by atoms with Crippen molar-refractivity contribution < 1.29 is 19.4 Å². The Labute approximate surface area is 95.4 Å². The molecule has 1 saturated heterocycles. The quantitative estimate of drug-likeness (QED) is 0.717. The van der Waals surface area contributed by atoms with Crippen LogP contribution >= 0.6 is 0 Å². The third-order valence-electron chi connectivity index (χ3n) is 3.25. The molecule has 1 rings (SSSR count). The van der Waals surface area contributed by atoms with Gasteiger partial charge in [-0.15, -0.1) is 0 Å². The molecule has 0 aromatic heterocycles. The number of esters is 1. The van der Waals surface area contributed by atoms with Gasteiger partial charge in [0.15, 0.2) is 0 Å². The molecule has 1 aliphatic rings.